The normalized spacial score (nSPS) is 16.1. The number of para-hydroxylation sites is 1. The Kier molecular flexibility index (Phi) is 2.81. The highest BCUT2D eigenvalue weighted by Crippen LogP contribution is 2.38. The second-order valence-electron chi connectivity index (χ2n) is 2.94. The third kappa shape index (κ3) is 1.94. The molecule has 1 atom stereocenters. The Balaban J connectivity index is 2.31. The topological polar surface area (TPSA) is 9.23 Å². The Morgan fingerprint density at radius 2 is 2.14 bits per heavy atom. The van der Waals surface area contributed by atoms with Crippen LogP contribution in [-0.2, 0) is 0 Å². The maximum absolute atomic E-state index is 5.61. The van der Waals surface area contributed by atoms with Crippen molar-refractivity contribution in [3.05, 3.63) is 60.0 Å². The lowest BCUT2D eigenvalue weighted by molar-refractivity contribution is 0.632. The molecule has 0 saturated carbocycles. The minimum absolute atomic E-state index is 0.396. The van der Waals surface area contributed by atoms with Gasteiger partial charge in [-0.1, -0.05) is 43.0 Å². The zero-order chi connectivity index (χ0) is 9.80. The summed E-state index contributed by atoms with van der Waals surface area (Å²) < 4.78 is 5.61. The van der Waals surface area contributed by atoms with Crippen LogP contribution in [0.1, 0.15) is 5.56 Å². The molecule has 1 heterocycles. The van der Waals surface area contributed by atoms with Crippen LogP contribution in [-0.4, -0.2) is 0 Å². The van der Waals surface area contributed by atoms with Gasteiger partial charge in [0.2, 0.25) is 0 Å². The van der Waals surface area contributed by atoms with Crippen LogP contribution >= 0.6 is 8.81 Å². The first-order valence-corrected chi connectivity index (χ1v) is 5.33. The van der Waals surface area contributed by atoms with E-state index >= 15 is 0 Å². The van der Waals surface area contributed by atoms with Crippen molar-refractivity contribution in [3.63, 3.8) is 0 Å². The zero-order valence-electron chi connectivity index (χ0n) is 7.73. The van der Waals surface area contributed by atoms with Gasteiger partial charge >= 0.3 is 0 Å². The third-order valence-electron chi connectivity index (χ3n) is 1.92. The Bertz CT molecular complexity index is 405. The molecule has 0 N–H and O–H groups in total. The second-order valence-corrected chi connectivity index (χ2v) is 3.92. The largest absolute Gasteiger partial charge is 0.472 e. The van der Waals surface area contributed by atoms with Crippen LogP contribution in [0.25, 0.3) is 6.08 Å². The molecule has 14 heavy (non-hydrogen) atoms. The molecule has 1 aliphatic rings. The first-order valence-electron chi connectivity index (χ1n) is 4.43. The van der Waals surface area contributed by atoms with Gasteiger partial charge in [0.15, 0.2) is 0 Å². The van der Waals surface area contributed by atoms with Crippen molar-refractivity contribution in [1.29, 1.82) is 0 Å². The molecule has 0 spiro atoms. The summed E-state index contributed by atoms with van der Waals surface area (Å²) in [7, 11) is 0.396. The highest BCUT2D eigenvalue weighted by Gasteiger charge is 2.07. The van der Waals surface area contributed by atoms with E-state index in [0.717, 1.165) is 11.3 Å². The van der Waals surface area contributed by atoms with Crippen molar-refractivity contribution >= 4 is 14.9 Å². The van der Waals surface area contributed by atoms with Crippen LogP contribution in [0.4, 0.5) is 0 Å². The minimum Gasteiger partial charge on any atom is -0.472 e. The summed E-state index contributed by atoms with van der Waals surface area (Å²) >= 11 is 0. The van der Waals surface area contributed by atoms with Crippen molar-refractivity contribution in [2.45, 2.75) is 0 Å². The molecule has 0 aliphatic carbocycles. The fourth-order valence-electron chi connectivity index (χ4n) is 1.26. The zero-order valence-corrected chi connectivity index (χ0v) is 8.73. The van der Waals surface area contributed by atoms with E-state index in [4.69, 9.17) is 4.52 Å². The van der Waals surface area contributed by atoms with Gasteiger partial charge in [-0.15, -0.1) is 0 Å². The van der Waals surface area contributed by atoms with Crippen LogP contribution in [0.2, 0.25) is 0 Å². The lowest BCUT2D eigenvalue weighted by atomic mass is 10.2. The molecular formula is C12H11OP. The smallest absolute Gasteiger partial charge is 0.130 e. The molecule has 0 aromatic heterocycles. The molecule has 2 rings (SSSR count). The van der Waals surface area contributed by atoms with Crippen LogP contribution in [0.5, 0.6) is 5.75 Å². The average molecular weight is 202 g/mol. The predicted octanol–water partition coefficient (Wildman–Crippen LogP) is 3.76. The van der Waals surface area contributed by atoms with E-state index in [-0.39, 0.29) is 0 Å². The van der Waals surface area contributed by atoms with Crippen LogP contribution in [0.3, 0.4) is 0 Å². The van der Waals surface area contributed by atoms with Crippen LogP contribution in [0, 0.1) is 0 Å². The van der Waals surface area contributed by atoms with E-state index in [1.807, 2.05) is 30.4 Å². The molecule has 1 aromatic carbocycles. The van der Waals surface area contributed by atoms with Gasteiger partial charge in [0.1, 0.15) is 14.6 Å². The van der Waals surface area contributed by atoms with E-state index < -0.39 is 0 Å². The minimum atomic E-state index is 0.396. The van der Waals surface area contributed by atoms with Gasteiger partial charge in [-0.2, -0.15) is 0 Å². The van der Waals surface area contributed by atoms with Crippen LogP contribution in [0.15, 0.2) is 54.4 Å². The molecule has 0 amide bonds. The van der Waals surface area contributed by atoms with Crippen molar-refractivity contribution in [1.82, 2.24) is 0 Å². The maximum Gasteiger partial charge on any atom is 0.130 e. The fourth-order valence-corrected chi connectivity index (χ4v) is 2.05. The fraction of sp³-hybridized carbons (Fsp3) is 0. The Morgan fingerprint density at radius 1 is 1.29 bits per heavy atom. The monoisotopic (exact) mass is 202 g/mol. The highest BCUT2D eigenvalue weighted by molar-refractivity contribution is 7.38. The number of benzene rings is 1. The summed E-state index contributed by atoms with van der Waals surface area (Å²) in [5.41, 5.74) is 1.15. The molecule has 70 valence electrons. The summed E-state index contributed by atoms with van der Waals surface area (Å²) in [4.78, 5) is 0. The van der Waals surface area contributed by atoms with Crippen molar-refractivity contribution in [2.75, 3.05) is 0 Å². The molecule has 0 saturated heterocycles. The molecule has 2 heteroatoms. The predicted molar refractivity (Wildman–Crippen MR) is 62.7 cm³/mol. The first kappa shape index (κ1) is 9.23. The third-order valence-corrected chi connectivity index (χ3v) is 2.79. The first-order chi connectivity index (χ1) is 6.90. The lowest BCUT2D eigenvalue weighted by Crippen LogP contribution is -1.89. The van der Waals surface area contributed by atoms with E-state index in [2.05, 4.69) is 18.7 Å². The van der Waals surface area contributed by atoms with E-state index in [1.165, 1.54) is 5.31 Å². The number of rotatable bonds is 2. The quantitative estimate of drug-likeness (QED) is 0.524. The lowest BCUT2D eigenvalue weighted by Gasteiger charge is -2.14. The molecule has 1 aromatic rings. The van der Waals surface area contributed by atoms with Gasteiger partial charge in [-0.05, 0) is 12.1 Å². The molecule has 0 bridgehead atoms. The van der Waals surface area contributed by atoms with Gasteiger partial charge < -0.3 is 4.52 Å². The maximum atomic E-state index is 5.61. The van der Waals surface area contributed by atoms with E-state index in [0.29, 0.717) is 8.81 Å². The molecule has 0 fully saturated rings. The summed E-state index contributed by atoms with van der Waals surface area (Å²) in [6, 6.07) is 8.05. The van der Waals surface area contributed by atoms with Gasteiger partial charge in [0.05, 0.1) is 0 Å². The Labute approximate surface area is 85.7 Å². The average Bonchev–Trinajstić information content (AvgIpc) is 2.26. The molecule has 1 aliphatic heterocycles. The van der Waals surface area contributed by atoms with E-state index in [1.54, 1.807) is 6.08 Å². The Hall–Kier alpha value is -1.33. The van der Waals surface area contributed by atoms with Gasteiger partial charge in [-0.25, -0.2) is 0 Å². The molecule has 0 radical (unpaired) electrons. The molecule has 1 nitrogen and oxygen atoms in total. The second kappa shape index (κ2) is 4.26. The number of hydrogen-bond acceptors (Lipinski definition) is 1. The number of fused-ring (bicyclic) bond motifs is 1. The number of hydrogen-bond donors (Lipinski definition) is 0. The SMILES string of the molecule is C=C/C=C\C1=Cc2ccccc2OP1. The highest BCUT2D eigenvalue weighted by atomic mass is 31.1. The summed E-state index contributed by atoms with van der Waals surface area (Å²) in [6.45, 7) is 3.64. The molecule has 1 unspecified atom stereocenters. The molecular weight excluding hydrogens is 191 g/mol. The Morgan fingerprint density at radius 3 is 3.00 bits per heavy atom. The number of allylic oxidation sites excluding steroid dienone is 4. The van der Waals surface area contributed by atoms with Crippen molar-refractivity contribution < 1.29 is 4.52 Å². The van der Waals surface area contributed by atoms with Crippen molar-refractivity contribution in [2.24, 2.45) is 0 Å². The standard InChI is InChI=1S/C12H11OP/c1-2-3-7-11-9-10-6-4-5-8-12(10)13-14-11/h2-9,14H,1H2/b7-3-. The summed E-state index contributed by atoms with van der Waals surface area (Å²) in [5.74, 6) is 0.974. The van der Waals surface area contributed by atoms with Gasteiger partial charge in [-0.3, -0.25) is 0 Å². The van der Waals surface area contributed by atoms with Gasteiger partial charge in [0.25, 0.3) is 0 Å². The summed E-state index contributed by atoms with van der Waals surface area (Å²) in [5, 5.41) is 1.20. The van der Waals surface area contributed by atoms with Crippen LogP contribution < -0.4 is 4.52 Å². The van der Waals surface area contributed by atoms with E-state index in [9.17, 15) is 0 Å². The van der Waals surface area contributed by atoms with Gasteiger partial charge in [0, 0.05) is 10.9 Å². The van der Waals surface area contributed by atoms with Crippen molar-refractivity contribution in [3.8, 4) is 5.75 Å². The summed E-state index contributed by atoms with van der Waals surface area (Å²) in [6.07, 6.45) is 7.88.